The molecule has 2 bridgehead atoms. The third-order valence-corrected chi connectivity index (χ3v) is 6.94. The Morgan fingerprint density at radius 1 is 1.14 bits per heavy atom. The standard InChI is InChI=1S/C21H26N4O3/c22-15-8-12-4-5-16(15)24(9-12)10-13-2-1-3-14-11-25(21(28)19(13)14)17-6-7-18(26)23-20(17)27/h1-3,12,15-17H,4-11,22H2,(H,23,26,27). The minimum atomic E-state index is -0.565. The summed E-state index contributed by atoms with van der Waals surface area (Å²) in [6.45, 7) is 2.21. The van der Waals surface area contributed by atoms with E-state index in [1.165, 1.54) is 6.42 Å². The molecule has 1 aliphatic carbocycles. The maximum Gasteiger partial charge on any atom is 0.255 e. The molecule has 3 saturated heterocycles. The average molecular weight is 382 g/mol. The predicted octanol–water partition coefficient (Wildman–Crippen LogP) is 0.759. The van der Waals surface area contributed by atoms with Crippen LogP contribution in [0.1, 0.15) is 53.6 Å². The molecule has 4 aliphatic heterocycles. The number of carbonyl (C=O) groups is 3. The van der Waals surface area contributed by atoms with Gasteiger partial charge in [0.2, 0.25) is 11.8 Å². The van der Waals surface area contributed by atoms with Crippen molar-refractivity contribution in [3.8, 4) is 0 Å². The van der Waals surface area contributed by atoms with E-state index < -0.39 is 6.04 Å². The van der Waals surface area contributed by atoms with E-state index in [1.54, 1.807) is 4.90 Å². The molecular formula is C21H26N4O3. The van der Waals surface area contributed by atoms with Gasteiger partial charge in [0.1, 0.15) is 6.04 Å². The largest absolute Gasteiger partial charge is 0.326 e. The lowest BCUT2D eigenvalue weighted by atomic mass is 9.76. The van der Waals surface area contributed by atoms with Gasteiger partial charge < -0.3 is 10.6 Å². The van der Waals surface area contributed by atoms with Crippen LogP contribution in [-0.4, -0.2) is 52.2 Å². The first-order valence-corrected chi connectivity index (χ1v) is 10.3. The van der Waals surface area contributed by atoms with Gasteiger partial charge in [-0.1, -0.05) is 18.2 Å². The van der Waals surface area contributed by atoms with Crippen LogP contribution in [0.4, 0.5) is 0 Å². The van der Waals surface area contributed by atoms with Crippen molar-refractivity contribution in [1.29, 1.82) is 0 Å². The summed E-state index contributed by atoms with van der Waals surface area (Å²) in [5.41, 5.74) is 9.10. The van der Waals surface area contributed by atoms with E-state index in [1.807, 2.05) is 18.2 Å². The van der Waals surface area contributed by atoms with Crippen LogP contribution in [0.2, 0.25) is 0 Å². The number of fused-ring (bicyclic) bond motifs is 4. The van der Waals surface area contributed by atoms with Crippen molar-refractivity contribution in [2.24, 2.45) is 11.7 Å². The molecule has 6 rings (SSSR count). The molecule has 0 spiro atoms. The maximum atomic E-state index is 13.2. The van der Waals surface area contributed by atoms with Crippen molar-refractivity contribution in [3.05, 3.63) is 34.9 Å². The van der Waals surface area contributed by atoms with Crippen molar-refractivity contribution in [2.45, 2.75) is 63.3 Å². The van der Waals surface area contributed by atoms with Gasteiger partial charge in [0.15, 0.2) is 0 Å². The fraction of sp³-hybridized carbons (Fsp3) is 0.571. The van der Waals surface area contributed by atoms with Gasteiger partial charge in [0.25, 0.3) is 5.91 Å². The zero-order chi connectivity index (χ0) is 19.4. The first kappa shape index (κ1) is 17.8. The Morgan fingerprint density at radius 2 is 2.00 bits per heavy atom. The van der Waals surface area contributed by atoms with Gasteiger partial charge >= 0.3 is 0 Å². The van der Waals surface area contributed by atoms with E-state index in [4.69, 9.17) is 5.73 Å². The summed E-state index contributed by atoms with van der Waals surface area (Å²) in [4.78, 5) is 41.0. The number of carbonyl (C=O) groups excluding carboxylic acids is 3. The first-order valence-electron chi connectivity index (χ1n) is 10.3. The summed E-state index contributed by atoms with van der Waals surface area (Å²) in [5, 5.41) is 2.36. The zero-order valence-corrected chi connectivity index (χ0v) is 15.9. The van der Waals surface area contributed by atoms with E-state index in [0.29, 0.717) is 24.9 Å². The lowest BCUT2D eigenvalue weighted by Gasteiger charge is -2.49. The lowest BCUT2D eigenvalue weighted by Crippen LogP contribution is -2.58. The normalized spacial score (nSPS) is 32.6. The quantitative estimate of drug-likeness (QED) is 0.753. The lowest BCUT2D eigenvalue weighted by molar-refractivity contribution is -0.136. The number of nitrogens with one attached hydrogen (secondary N) is 1. The molecular weight excluding hydrogens is 356 g/mol. The number of amides is 3. The van der Waals surface area contributed by atoms with Crippen LogP contribution >= 0.6 is 0 Å². The number of nitrogens with two attached hydrogens (primary N) is 1. The molecule has 7 nitrogen and oxygen atoms in total. The SMILES string of the molecule is NC1CC2CCC1N(Cc1cccc3c1C(=O)N(C1CCC(=O)NC1=O)C3)C2. The van der Waals surface area contributed by atoms with E-state index in [2.05, 4.69) is 10.2 Å². The van der Waals surface area contributed by atoms with Crippen LogP contribution in [-0.2, 0) is 22.7 Å². The summed E-state index contributed by atoms with van der Waals surface area (Å²) in [5.74, 6) is -0.0557. The average Bonchev–Trinajstić information content (AvgIpc) is 2.99. The minimum absolute atomic E-state index is 0.0911. The number of benzene rings is 1. The monoisotopic (exact) mass is 382 g/mol. The second-order valence-electron chi connectivity index (χ2n) is 8.69. The number of nitrogens with zero attached hydrogens (tertiary/aromatic N) is 2. The number of hydrogen-bond donors (Lipinski definition) is 2. The smallest absolute Gasteiger partial charge is 0.255 e. The molecule has 0 aromatic heterocycles. The molecule has 1 saturated carbocycles. The maximum absolute atomic E-state index is 13.2. The van der Waals surface area contributed by atoms with Crippen LogP contribution in [0.25, 0.3) is 0 Å². The highest BCUT2D eigenvalue weighted by Gasteiger charge is 2.42. The molecule has 0 radical (unpaired) electrons. The second kappa shape index (κ2) is 6.67. The molecule has 3 amide bonds. The first-order chi connectivity index (χ1) is 13.5. The van der Waals surface area contributed by atoms with Crippen LogP contribution in [0.5, 0.6) is 0 Å². The molecule has 4 atom stereocenters. The van der Waals surface area contributed by atoms with Crippen LogP contribution in [0.3, 0.4) is 0 Å². The molecule has 7 heteroatoms. The molecule has 4 heterocycles. The fourth-order valence-electron chi connectivity index (χ4n) is 5.59. The van der Waals surface area contributed by atoms with E-state index in [9.17, 15) is 14.4 Å². The number of hydrogen-bond acceptors (Lipinski definition) is 5. The Morgan fingerprint density at radius 3 is 2.75 bits per heavy atom. The zero-order valence-electron chi connectivity index (χ0n) is 15.9. The van der Waals surface area contributed by atoms with Crippen molar-refractivity contribution < 1.29 is 14.4 Å². The Bertz CT molecular complexity index is 854. The summed E-state index contributed by atoms with van der Waals surface area (Å²) in [6, 6.07) is 6.04. The molecule has 5 aliphatic rings. The summed E-state index contributed by atoms with van der Waals surface area (Å²) in [7, 11) is 0. The number of rotatable bonds is 3. The highest BCUT2D eigenvalue weighted by Crippen LogP contribution is 2.37. The van der Waals surface area contributed by atoms with Crippen molar-refractivity contribution >= 4 is 17.7 Å². The molecule has 3 N–H and O–H groups in total. The van der Waals surface area contributed by atoms with Crippen LogP contribution < -0.4 is 11.1 Å². The van der Waals surface area contributed by atoms with Gasteiger partial charge in [-0.05, 0) is 42.7 Å². The highest BCUT2D eigenvalue weighted by atomic mass is 16.2. The Kier molecular flexibility index (Phi) is 4.25. The van der Waals surface area contributed by atoms with Gasteiger partial charge in [-0.2, -0.15) is 0 Å². The van der Waals surface area contributed by atoms with Gasteiger partial charge in [-0.25, -0.2) is 0 Å². The van der Waals surface area contributed by atoms with Crippen molar-refractivity contribution in [1.82, 2.24) is 15.1 Å². The van der Waals surface area contributed by atoms with Crippen molar-refractivity contribution in [2.75, 3.05) is 6.54 Å². The van der Waals surface area contributed by atoms with E-state index in [0.717, 1.165) is 42.6 Å². The van der Waals surface area contributed by atoms with E-state index >= 15 is 0 Å². The van der Waals surface area contributed by atoms with Crippen LogP contribution in [0.15, 0.2) is 18.2 Å². The minimum Gasteiger partial charge on any atom is -0.326 e. The van der Waals surface area contributed by atoms with Crippen molar-refractivity contribution in [3.63, 3.8) is 0 Å². The van der Waals surface area contributed by atoms with Crippen LogP contribution in [0, 0.1) is 5.92 Å². The van der Waals surface area contributed by atoms with Gasteiger partial charge in [-0.3, -0.25) is 24.6 Å². The topological polar surface area (TPSA) is 95.7 Å². The Balaban J connectivity index is 1.39. The summed E-state index contributed by atoms with van der Waals surface area (Å²) >= 11 is 0. The fourth-order valence-corrected chi connectivity index (χ4v) is 5.59. The molecule has 148 valence electrons. The summed E-state index contributed by atoms with van der Waals surface area (Å²) < 4.78 is 0. The van der Waals surface area contributed by atoms with Gasteiger partial charge in [-0.15, -0.1) is 0 Å². The third-order valence-electron chi connectivity index (χ3n) is 6.94. The molecule has 4 fully saturated rings. The molecule has 4 unspecified atom stereocenters. The van der Waals surface area contributed by atoms with E-state index in [-0.39, 0.29) is 30.2 Å². The second-order valence-corrected chi connectivity index (χ2v) is 8.69. The predicted molar refractivity (Wildman–Crippen MR) is 102 cm³/mol. The number of imide groups is 1. The Hall–Kier alpha value is -2.25. The molecule has 28 heavy (non-hydrogen) atoms. The Labute approximate surface area is 164 Å². The number of piperidine rings is 3. The highest BCUT2D eigenvalue weighted by molar-refractivity contribution is 6.05. The summed E-state index contributed by atoms with van der Waals surface area (Å²) in [6.07, 6.45) is 4.17. The third kappa shape index (κ3) is 2.84. The van der Waals surface area contributed by atoms with Gasteiger partial charge in [0.05, 0.1) is 0 Å². The molecule has 1 aromatic rings. The molecule has 1 aromatic carbocycles. The van der Waals surface area contributed by atoms with Gasteiger partial charge in [0, 0.05) is 43.7 Å².